The minimum atomic E-state index is 0. The topological polar surface area (TPSA) is 39.7 Å². The highest BCUT2D eigenvalue weighted by Gasteiger charge is 2.23. The third kappa shape index (κ3) is 5.60. The molecule has 1 atom stereocenters. The Morgan fingerprint density at radius 2 is 2.08 bits per heavy atom. The van der Waals surface area contributed by atoms with Gasteiger partial charge in [0, 0.05) is 36.2 Å². The van der Waals surface area contributed by atoms with Crippen LogP contribution in [0.1, 0.15) is 23.8 Å². The van der Waals surface area contributed by atoms with E-state index in [1.807, 2.05) is 0 Å². The molecule has 0 bridgehead atoms. The fourth-order valence-corrected chi connectivity index (χ4v) is 3.81. The van der Waals surface area contributed by atoms with Gasteiger partial charge in [-0.3, -0.25) is 0 Å². The van der Waals surface area contributed by atoms with Gasteiger partial charge in [0.15, 0.2) is 5.96 Å². The number of nitrogens with zero attached hydrogens (tertiary/aromatic N) is 2. The molecule has 1 fully saturated rings. The van der Waals surface area contributed by atoms with Gasteiger partial charge in [0.1, 0.15) is 0 Å². The molecule has 2 aromatic rings. The zero-order valence-corrected chi connectivity index (χ0v) is 18.0. The van der Waals surface area contributed by atoms with Gasteiger partial charge in [0.2, 0.25) is 0 Å². The Kier molecular flexibility index (Phi) is 8.02. The molecule has 1 aromatic heterocycles. The summed E-state index contributed by atoms with van der Waals surface area (Å²) in [6, 6.07) is 13.2. The van der Waals surface area contributed by atoms with Crippen LogP contribution in [0, 0.1) is 6.92 Å². The van der Waals surface area contributed by atoms with Crippen LogP contribution in [0.2, 0.25) is 0 Å². The molecule has 1 unspecified atom stereocenters. The number of aryl methyl sites for hydroxylation is 1. The molecule has 136 valence electrons. The zero-order chi connectivity index (χ0) is 16.8. The predicted octanol–water partition coefficient (Wildman–Crippen LogP) is 4.01. The number of hydrogen-bond acceptors (Lipinski definition) is 3. The SMILES string of the molecule is CCNC(=NCc1sccc1C)NC1CCN(c2ccccc2)C1.I. The first-order valence-corrected chi connectivity index (χ1v) is 9.52. The van der Waals surface area contributed by atoms with Crippen LogP contribution >= 0.6 is 35.3 Å². The third-order valence-electron chi connectivity index (χ3n) is 4.34. The van der Waals surface area contributed by atoms with Crippen molar-refractivity contribution in [2.24, 2.45) is 4.99 Å². The normalized spacial score (nSPS) is 17.3. The number of benzene rings is 1. The first-order valence-electron chi connectivity index (χ1n) is 8.64. The lowest BCUT2D eigenvalue weighted by Crippen LogP contribution is -2.44. The van der Waals surface area contributed by atoms with Crippen LogP contribution in [0.25, 0.3) is 0 Å². The second-order valence-corrected chi connectivity index (χ2v) is 7.13. The van der Waals surface area contributed by atoms with Crippen LogP contribution in [0.4, 0.5) is 5.69 Å². The Bertz CT molecular complexity index is 671. The molecule has 1 aromatic carbocycles. The molecular weight excluding hydrogens is 443 g/mol. The molecule has 4 nitrogen and oxygen atoms in total. The van der Waals surface area contributed by atoms with Crippen LogP contribution in [0.3, 0.4) is 0 Å². The summed E-state index contributed by atoms with van der Waals surface area (Å²) >= 11 is 1.78. The largest absolute Gasteiger partial charge is 0.369 e. The van der Waals surface area contributed by atoms with Crippen LogP contribution in [0.5, 0.6) is 0 Å². The number of nitrogens with one attached hydrogen (secondary N) is 2. The van der Waals surface area contributed by atoms with Crippen LogP contribution in [-0.2, 0) is 6.54 Å². The molecule has 1 saturated heterocycles. The van der Waals surface area contributed by atoms with Crippen LogP contribution in [-0.4, -0.2) is 31.6 Å². The van der Waals surface area contributed by atoms with E-state index in [0.717, 1.165) is 38.6 Å². The molecule has 6 heteroatoms. The van der Waals surface area contributed by atoms with E-state index in [1.165, 1.54) is 16.1 Å². The molecule has 0 saturated carbocycles. The van der Waals surface area contributed by atoms with Crippen molar-refractivity contribution in [2.75, 3.05) is 24.5 Å². The minimum Gasteiger partial charge on any atom is -0.369 e. The van der Waals surface area contributed by atoms with Crippen molar-refractivity contribution in [2.45, 2.75) is 32.9 Å². The number of rotatable bonds is 5. The first-order chi connectivity index (χ1) is 11.8. The quantitative estimate of drug-likeness (QED) is 0.394. The van der Waals surface area contributed by atoms with Crippen molar-refractivity contribution in [1.82, 2.24) is 10.6 Å². The van der Waals surface area contributed by atoms with Crippen molar-refractivity contribution in [3.05, 3.63) is 52.2 Å². The summed E-state index contributed by atoms with van der Waals surface area (Å²) in [4.78, 5) is 8.54. The fraction of sp³-hybridized carbons (Fsp3) is 0.421. The number of hydrogen-bond donors (Lipinski definition) is 2. The van der Waals surface area contributed by atoms with E-state index in [1.54, 1.807) is 11.3 Å². The van der Waals surface area contributed by atoms with E-state index >= 15 is 0 Å². The van der Waals surface area contributed by atoms with E-state index in [0.29, 0.717) is 6.04 Å². The maximum absolute atomic E-state index is 4.76. The lowest BCUT2D eigenvalue weighted by molar-refractivity contribution is 0.649. The molecule has 0 radical (unpaired) electrons. The summed E-state index contributed by atoms with van der Waals surface area (Å²) < 4.78 is 0. The summed E-state index contributed by atoms with van der Waals surface area (Å²) in [6.07, 6.45) is 1.14. The molecule has 0 spiro atoms. The average Bonchev–Trinajstić information content (AvgIpc) is 3.23. The predicted molar refractivity (Wildman–Crippen MR) is 119 cm³/mol. The Labute approximate surface area is 171 Å². The summed E-state index contributed by atoms with van der Waals surface area (Å²) in [6.45, 7) is 7.99. The van der Waals surface area contributed by atoms with Crippen molar-refractivity contribution < 1.29 is 0 Å². The van der Waals surface area contributed by atoms with Gasteiger partial charge in [0.25, 0.3) is 0 Å². The number of guanidine groups is 1. The number of aliphatic imine (C=N–C) groups is 1. The van der Waals surface area contributed by atoms with E-state index in [2.05, 4.69) is 71.2 Å². The van der Waals surface area contributed by atoms with Gasteiger partial charge in [-0.15, -0.1) is 35.3 Å². The van der Waals surface area contributed by atoms with Crippen molar-refractivity contribution in [3.8, 4) is 0 Å². The number of anilines is 1. The Morgan fingerprint density at radius 1 is 1.28 bits per heavy atom. The van der Waals surface area contributed by atoms with Gasteiger partial charge in [0.05, 0.1) is 6.54 Å². The van der Waals surface area contributed by atoms with E-state index < -0.39 is 0 Å². The summed E-state index contributed by atoms with van der Waals surface area (Å²) in [5.74, 6) is 0.921. The lowest BCUT2D eigenvalue weighted by Gasteiger charge is -2.20. The van der Waals surface area contributed by atoms with Crippen molar-refractivity contribution >= 4 is 47.0 Å². The summed E-state index contributed by atoms with van der Waals surface area (Å²) in [7, 11) is 0. The van der Waals surface area contributed by atoms with Crippen molar-refractivity contribution in [3.63, 3.8) is 0 Å². The number of thiophene rings is 1. The molecule has 25 heavy (non-hydrogen) atoms. The number of halogens is 1. The molecular formula is C19H27IN4S. The monoisotopic (exact) mass is 470 g/mol. The van der Waals surface area contributed by atoms with E-state index in [-0.39, 0.29) is 24.0 Å². The van der Waals surface area contributed by atoms with Gasteiger partial charge in [-0.1, -0.05) is 18.2 Å². The van der Waals surface area contributed by atoms with Crippen molar-refractivity contribution in [1.29, 1.82) is 0 Å². The zero-order valence-electron chi connectivity index (χ0n) is 14.9. The van der Waals surface area contributed by atoms with E-state index in [4.69, 9.17) is 4.99 Å². The summed E-state index contributed by atoms with van der Waals surface area (Å²) in [5, 5.41) is 9.11. The van der Waals surface area contributed by atoms with Gasteiger partial charge in [-0.2, -0.15) is 0 Å². The highest BCUT2D eigenvalue weighted by atomic mass is 127. The Hall–Kier alpha value is -1.28. The minimum absolute atomic E-state index is 0. The summed E-state index contributed by atoms with van der Waals surface area (Å²) in [5.41, 5.74) is 2.63. The molecule has 2 heterocycles. The molecule has 0 aliphatic carbocycles. The standard InChI is InChI=1S/C19H26N4S.HI/c1-3-20-19(21-13-18-15(2)10-12-24-18)22-16-9-11-23(14-16)17-7-5-4-6-8-17;/h4-8,10,12,16H,3,9,11,13-14H2,1-2H3,(H2,20,21,22);1H. The molecule has 0 amide bonds. The second kappa shape index (κ2) is 10.0. The Balaban J connectivity index is 0.00000225. The maximum atomic E-state index is 4.76. The van der Waals surface area contributed by atoms with E-state index in [9.17, 15) is 0 Å². The molecule has 1 aliphatic heterocycles. The number of para-hydroxylation sites is 1. The van der Waals surface area contributed by atoms with Crippen LogP contribution in [0.15, 0.2) is 46.8 Å². The fourth-order valence-electron chi connectivity index (χ4n) is 2.98. The van der Waals surface area contributed by atoms with Gasteiger partial charge in [-0.25, -0.2) is 4.99 Å². The highest BCUT2D eigenvalue weighted by Crippen LogP contribution is 2.20. The highest BCUT2D eigenvalue weighted by molar-refractivity contribution is 14.0. The second-order valence-electron chi connectivity index (χ2n) is 6.13. The molecule has 2 N–H and O–H groups in total. The molecule has 1 aliphatic rings. The average molecular weight is 470 g/mol. The Morgan fingerprint density at radius 3 is 2.76 bits per heavy atom. The first kappa shape index (κ1) is 20.0. The van der Waals surface area contributed by atoms with Gasteiger partial charge < -0.3 is 15.5 Å². The van der Waals surface area contributed by atoms with Gasteiger partial charge in [-0.05, 0) is 49.4 Å². The molecule has 3 rings (SSSR count). The maximum Gasteiger partial charge on any atom is 0.191 e. The lowest BCUT2D eigenvalue weighted by atomic mass is 10.2. The smallest absolute Gasteiger partial charge is 0.191 e. The van der Waals surface area contributed by atoms with Gasteiger partial charge >= 0.3 is 0 Å². The van der Waals surface area contributed by atoms with Crippen LogP contribution < -0.4 is 15.5 Å². The third-order valence-corrected chi connectivity index (χ3v) is 5.35.